The molecule has 1 aliphatic heterocycles. The van der Waals surface area contributed by atoms with Crippen LogP contribution < -0.4 is 5.32 Å². The normalized spacial score (nSPS) is 19.1. The Morgan fingerprint density at radius 1 is 1.47 bits per heavy atom. The number of amides is 1. The number of carbonyl (C=O) groups is 2. The van der Waals surface area contributed by atoms with Crippen LogP contribution in [0.5, 0.6) is 0 Å². The first-order valence-corrected chi connectivity index (χ1v) is 6.15. The maximum absolute atomic E-state index is 11.8. The summed E-state index contributed by atoms with van der Waals surface area (Å²) in [5.74, 6) is 0.0495. The molecular weight excluding hydrogens is 238 g/mol. The van der Waals surface area contributed by atoms with Crippen molar-refractivity contribution in [3.63, 3.8) is 0 Å². The molecule has 2 aliphatic rings. The molecule has 1 N–H and O–H groups in total. The predicted octanol–water partition coefficient (Wildman–Crippen LogP) is 2.92. The number of fused-ring (bicyclic) bond motifs is 2. The highest BCUT2D eigenvalue weighted by molar-refractivity contribution is 6.34. The zero-order valence-corrected chi connectivity index (χ0v) is 10.2. The van der Waals surface area contributed by atoms with Crippen LogP contribution in [0.25, 0.3) is 0 Å². The van der Waals surface area contributed by atoms with E-state index in [9.17, 15) is 9.59 Å². The van der Waals surface area contributed by atoms with Gasteiger partial charge in [0.1, 0.15) is 0 Å². The maximum atomic E-state index is 11.8. The van der Waals surface area contributed by atoms with Gasteiger partial charge in [-0.25, -0.2) is 0 Å². The van der Waals surface area contributed by atoms with Gasteiger partial charge in [-0.3, -0.25) is 9.59 Å². The molecule has 0 radical (unpaired) electrons. The molecule has 4 heteroatoms. The largest absolute Gasteiger partial charge is 0.325 e. The van der Waals surface area contributed by atoms with Crippen LogP contribution in [-0.2, 0) is 10.2 Å². The first kappa shape index (κ1) is 10.8. The van der Waals surface area contributed by atoms with Gasteiger partial charge in [-0.05, 0) is 30.5 Å². The first-order valence-electron chi connectivity index (χ1n) is 5.77. The molecule has 0 unspecified atom stereocenters. The topological polar surface area (TPSA) is 46.2 Å². The Bertz CT molecular complexity index is 547. The highest BCUT2D eigenvalue weighted by atomic mass is 35.5. The zero-order chi connectivity index (χ0) is 12.2. The lowest BCUT2D eigenvalue weighted by atomic mass is 9.95. The molecule has 1 saturated carbocycles. The minimum Gasteiger partial charge on any atom is -0.325 e. The lowest BCUT2D eigenvalue weighted by Gasteiger charge is -2.08. The Balaban J connectivity index is 2.14. The molecule has 1 fully saturated rings. The summed E-state index contributed by atoms with van der Waals surface area (Å²) in [6.07, 6.45) is 2.17. The zero-order valence-electron chi connectivity index (χ0n) is 9.47. The Hall–Kier alpha value is -1.35. The standard InChI is InChI=1S/C13H12ClNO2/c1-2-11(16)7-5-10-8(6-9(7)14)13(3-4-13)12(17)15-10/h5-6H,2-4H2,1H3,(H,15,17). The van der Waals surface area contributed by atoms with Crippen LogP contribution in [0.4, 0.5) is 5.69 Å². The van der Waals surface area contributed by atoms with E-state index in [-0.39, 0.29) is 17.1 Å². The number of halogens is 1. The summed E-state index contributed by atoms with van der Waals surface area (Å²) in [5.41, 5.74) is 1.88. The van der Waals surface area contributed by atoms with Crippen molar-refractivity contribution < 1.29 is 9.59 Å². The molecule has 3 rings (SSSR count). The van der Waals surface area contributed by atoms with Gasteiger partial charge in [-0.2, -0.15) is 0 Å². The first-order chi connectivity index (χ1) is 8.08. The number of carbonyl (C=O) groups excluding carboxylic acids is 2. The van der Waals surface area contributed by atoms with Crippen molar-refractivity contribution >= 4 is 29.0 Å². The lowest BCUT2D eigenvalue weighted by Crippen LogP contribution is -2.18. The van der Waals surface area contributed by atoms with Crippen LogP contribution in [-0.4, -0.2) is 11.7 Å². The van der Waals surface area contributed by atoms with Gasteiger partial charge >= 0.3 is 0 Å². The third kappa shape index (κ3) is 1.35. The van der Waals surface area contributed by atoms with E-state index in [0.717, 1.165) is 24.1 Å². The van der Waals surface area contributed by atoms with Crippen molar-refractivity contribution in [3.8, 4) is 0 Å². The fraction of sp³-hybridized carbons (Fsp3) is 0.385. The fourth-order valence-electron chi connectivity index (χ4n) is 2.46. The van der Waals surface area contributed by atoms with E-state index in [1.165, 1.54) is 0 Å². The number of Topliss-reactive ketones (excluding diaryl/α,β-unsaturated/α-hetero) is 1. The Morgan fingerprint density at radius 2 is 2.18 bits per heavy atom. The van der Waals surface area contributed by atoms with Gasteiger partial charge in [-0.1, -0.05) is 18.5 Å². The van der Waals surface area contributed by atoms with E-state index < -0.39 is 0 Å². The van der Waals surface area contributed by atoms with Gasteiger partial charge in [0.25, 0.3) is 0 Å². The average Bonchev–Trinajstić information content (AvgIpc) is 3.06. The Kier molecular flexibility index (Phi) is 2.11. The number of nitrogens with one attached hydrogen (secondary N) is 1. The molecule has 1 heterocycles. The second-order valence-corrected chi connectivity index (χ2v) is 5.10. The molecule has 3 nitrogen and oxygen atoms in total. The van der Waals surface area contributed by atoms with E-state index in [4.69, 9.17) is 11.6 Å². The minimum absolute atomic E-state index is 0.00351. The number of hydrogen-bond donors (Lipinski definition) is 1. The summed E-state index contributed by atoms with van der Waals surface area (Å²) in [5, 5.41) is 3.30. The van der Waals surface area contributed by atoms with Gasteiger partial charge in [0.05, 0.1) is 10.4 Å². The predicted molar refractivity (Wildman–Crippen MR) is 65.6 cm³/mol. The second-order valence-electron chi connectivity index (χ2n) is 4.69. The van der Waals surface area contributed by atoms with E-state index in [1.807, 2.05) is 0 Å². The van der Waals surface area contributed by atoms with Gasteiger partial charge in [-0.15, -0.1) is 0 Å². The van der Waals surface area contributed by atoms with Gasteiger partial charge < -0.3 is 5.32 Å². The van der Waals surface area contributed by atoms with Gasteiger partial charge in [0, 0.05) is 17.7 Å². The third-order valence-corrected chi connectivity index (χ3v) is 3.99. The van der Waals surface area contributed by atoms with E-state index in [1.54, 1.807) is 19.1 Å². The molecule has 0 bridgehead atoms. The number of anilines is 1. The van der Waals surface area contributed by atoms with Gasteiger partial charge in [0.2, 0.25) is 5.91 Å². The monoisotopic (exact) mass is 249 g/mol. The summed E-state index contributed by atoms with van der Waals surface area (Å²) in [6.45, 7) is 1.80. The van der Waals surface area contributed by atoms with Crippen molar-refractivity contribution in [2.24, 2.45) is 0 Å². The highest BCUT2D eigenvalue weighted by Crippen LogP contribution is 2.55. The third-order valence-electron chi connectivity index (χ3n) is 3.68. The molecule has 0 atom stereocenters. The van der Waals surface area contributed by atoms with E-state index in [2.05, 4.69) is 5.32 Å². The lowest BCUT2D eigenvalue weighted by molar-refractivity contribution is -0.117. The van der Waals surface area contributed by atoms with Crippen LogP contribution in [0.15, 0.2) is 12.1 Å². The van der Waals surface area contributed by atoms with Crippen molar-refractivity contribution in [3.05, 3.63) is 28.3 Å². The Labute approximate surface area is 104 Å². The Morgan fingerprint density at radius 3 is 2.76 bits per heavy atom. The number of rotatable bonds is 2. The summed E-state index contributed by atoms with van der Waals surface area (Å²) in [7, 11) is 0. The second kappa shape index (κ2) is 3.33. The molecule has 1 aliphatic carbocycles. The fourth-order valence-corrected chi connectivity index (χ4v) is 2.73. The summed E-state index contributed by atoms with van der Waals surface area (Å²) < 4.78 is 0. The molecule has 1 spiro atoms. The van der Waals surface area contributed by atoms with Crippen LogP contribution in [0.1, 0.15) is 42.1 Å². The van der Waals surface area contributed by atoms with Crippen LogP contribution >= 0.6 is 11.6 Å². The number of benzene rings is 1. The molecule has 0 saturated heterocycles. The van der Waals surface area contributed by atoms with E-state index >= 15 is 0 Å². The van der Waals surface area contributed by atoms with Crippen LogP contribution in [0.3, 0.4) is 0 Å². The van der Waals surface area contributed by atoms with Crippen molar-refractivity contribution in [1.82, 2.24) is 0 Å². The molecule has 1 aromatic carbocycles. The average molecular weight is 250 g/mol. The van der Waals surface area contributed by atoms with E-state index in [0.29, 0.717) is 17.0 Å². The minimum atomic E-state index is -0.341. The smallest absolute Gasteiger partial charge is 0.235 e. The summed E-state index contributed by atoms with van der Waals surface area (Å²) in [6, 6.07) is 3.50. The highest BCUT2D eigenvalue weighted by Gasteiger charge is 2.56. The number of ketones is 1. The van der Waals surface area contributed by atoms with Crippen molar-refractivity contribution in [2.75, 3.05) is 5.32 Å². The molecule has 1 amide bonds. The summed E-state index contributed by atoms with van der Waals surface area (Å²) >= 11 is 6.12. The van der Waals surface area contributed by atoms with Crippen molar-refractivity contribution in [2.45, 2.75) is 31.6 Å². The molecular formula is C13H12ClNO2. The summed E-state index contributed by atoms with van der Waals surface area (Å²) in [4.78, 5) is 23.5. The quantitative estimate of drug-likeness (QED) is 0.820. The molecule has 17 heavy (non-hydrogen) atoms. The molecule has 1 aromatic rings. The van der Waals surface area contributed by atoms with Crippen LogP contribution in [0.2, 0.25) is 5.02 Å². The number of hydrogen-bond acceptors (Lipinski definition) is 2. The van der Waals surface area contributed by atoms with Crippen LogP contribution in [0, 0.1) is 0 Å². The molecule has 88 valence electrons. The van der Waals surface area contributed by atoms with Crippen molar-refractivity contribution in [1.29, 1.82) is 0 Å². The molecule has 0 aromatic heterocycles. The maximum Gasteiger partial charge on any atom is 0.235 e. The van der Waals surface area contributed by atoms with Gasteiger partial charge in [0.15, 0.2) is 5.78 Å². The SMILES string of the molecule is CCC(=O)c1cc2c(cc1Cl)C1(CC1)C(=O)N2.